The number of aliphatic hydroxyl groups excluding tert-OH is 1. The van der Waals surface area contributed by atoms with Crippen LogP contribution in [-0.2, 0) is 22.7 Å². The van der Waals surface area contributed by atoms with E-state index >= 15 is 0 Å². The average molecular weight is 303 g/mol. The van der Waals surface area contributed by atoms with E-state index in [2.05, 4.69) is 24.0 Å². The number of hydrogen-bond donors (Lipinski definition) is 2. The molecule has 8 heteroatoms. The molecule has 0 saturated carbocycles. The molecule has 0 spiro atoms. The zero-order valence-electron chi connectivity index (χ0n) is 11.8. The topological polar surface area (TPSA) is 97.5 Å². The highest BCUT2D eigenvalue weighted by atomic mass is 32.2. The van der Waals surface area contributed by atoms with Crippen LogP contribution in [0.1, 0.15) is 26.1 Å². The monoisotopic (exact) mass is 303 g/mol. The molecule has 2 N–H and O–H groups in total. The summed E-state index contributed by atoms with van der Waals surface area (Å²) in [5.74, 6) is 0.0193. The summed E-state index contributed by atoms with van der Waals surface area (Å²) < 4.78 is 7.21. The van der Waals surface area contributed by atoms with E-state index in [9.17, 15) is 9.90 Å². The van der Waals surface area contributed by atoms with E-state index in [1.54, 1.807) is 4.57 Å². The Balaban J connectivity index is 2.48. The molecule has 0 radical (unpaired) electrons. The average Bonchev–Trinajstić information content (AvgIpc) is 2.77. The van der Waals surface area contributed by atoms with E-state index in [0.29, 0.717) is 36.7 Å². The molecule has 0 bridgehead atoms. The molecular weight excluding hydrogens is 282 g/mol. The Morgan fingerprint density at radius 2 is 2.15 bits per heavy atom. The first-order valence-electron chi connectivity index (χ1n) is 6.49. The van der Waals surface area contributed by atoms with Gasteiger partial charge in [0.1, 0.15) is 6.61 Å². The van der Waals surface area contributed by atoms with Crippen LogP contribution in [0.3, 0.4) is 0 Å². The Bertz CT molecular complexity index is 423. The van der Waals surface area contributed by atoms with Gasteiger partial charge in [-0.2, -0.15) is 0 Å². The number of carboxylic acids is 1. The van der Waals surface area contributed by atoms with E-state index < -0.39 is 5.97 Å². The first-order chi connectivity index (χ1) is 9.54. The second kappa shape index (κ2) is 8.93. The highest BCUT2D eigenvalue weighted by Gasteiger charge is 2.13. The number of rotatable bonds is 10. The quantitative estimate of drug-likeness (QED) is 0.491. The van der Waals surface area contributed by atoms with Crippen LogP contribution in [0, 0.1) is 5.92 Å². The van der Waals surface area contributed by atoms with Crippen molar-refractivity contribution in [1.82, 2.24) is 14.8 Å². The van der Waals surface area contributed by atoms with Gasteiger partial charge >= 0.3 is 5.97 Å². The number of aromatic nitrogens is 3. The minimum absolute atomic E-state index is 0.0855. The lowest BCUT2D eigenvalue weighted by molar-refractivity contribution is -0.133. The highest BCUT2D eigenvalue weighted by molar-refractivity contribution is 7.99. The predicted octanol–water partition coefficient (Wildman–Crippen LogP) is 1.01. The fourth-order valence-electron chi connectivity index (χ4n) is 1.47. The Morgan fingerprint density at radius 1 is 1.40 bits per heavy atom. The number of aliphatic carboxylic acids is 1. The van der Waals surface area contributed by atoms with Crippen molar-refractivity contribution < 1.29 is 19.7 Å². The van der Waals surface area contributed by atoms with Gasteiger partial charge in [-0.1, -0.05) is 25.6 Å². The molecule has 1 rings (SSSR count). The fraction of sp³-hybridized carbons (Fsp3) is 0.750. The van der Waals surface area contributed by atoms with Gasteiger partial charge in [-0.05, 0) is 12.3 Å². The maximum Gasteiger partial charge on any atom is 0.313 e. The highest BCUT2D eigenvalue weighted by Crippen LogP contribution is 2.16. The predicted molar refractivity (Wildman–Crippen MR) is 74.6 cm³/mol. The molecule has 0 aliphatic heterocycles. The molecule has 1 aromatic rings. The number of carbonyl (C=O) groups is 1. The van der Waals surface area contributed by atoms with Crippen LogP contribution < -0.4 is 0 Å². The van der Waals surface area contributed by atoms with Crippen molar-refractivity contribution in [3.63, 3.8) is 0 Å². The van der Waals surface area contributed by atoms with Crippen LogP contribution in [0.25, 0.3) is 0 Å². The molecule has 0 aliphatic rings. The van der Waals surface area contributed by atoms with Crippen LogP contribution >= 0.6 is 11.8 Å². The Morgan fingerprint density at radius 3 is 2.75 bits per heavy atom. The Hall–Kier alpha value is -1.12. The Kier molecular flexibility index (Phi) is 7.56. The lowest BCUT2D eigenvalue weighted by Crippen LogP contribution is -2.12. The number of nitrogens with zero attached hydrogens (tertiary/aromatic N) is 3. The molecule has 0 saturated heterocycles. The lowest BCUT2D eigenvalue weighted by Gasteiger charge is -2.10. The summed E-state index contributed by atoms with van der Waals surface area (Å²) >= 11 is 1.08. The summed E-state index contributed by atoms with van der Waals surface area (Å²) in [5, 5.41) is 26.1. The molecule has 0 aromatic carbocycles. The van der Waals surface area contributed by atoms with Gasteiger partial charge in [-0.15, -0.1) is 10.2 Å². The third-order valence-electron chi connectivity index (χ3n) is 2.56. The molecule has 0 fully saturated rings. The van der Waals surface area contributed by atoms with Gasteiger partial charge in [0.25, 0.3) is 0 Å². The van der Waals surface area contributed by atoms with Gasteiger partial charge in [-0.25, -0.2) is 0 Å². The SMILES string of the molecule is CC(C)CCOCCn1c(CO)nnc1SCC(=O)O. The number of aliphatic hydroxyl groups is 1. The smallest absolute Gasteiger partial charge is 0.313 e. The fourth-order valence-corrected chi connectivity index (χ4v) is 2.17. The number of thioether (sulfide) groups is 1. The van der Waals surface area contributed by atoms with Crippen molar-refractivity contribution in [2.45, 2.75) is 38.6 Å². The second-order valence-corrected chi connectivity index (χ2v) is 5.63. The van der Waals surface area contributed by atoms with Gasteiger partial charge in [0.2, 0.25) is 0 Å². The molecule has 7 nitrogen and oxygen atoms in total. The van der Waals surface area contributed by atoms with Gasteiger partial charge in [-0.3, -0.25) is 4.79 Å². The molecule has 0 amide bonds. The summed E-state index contributed by atoms with van der Waals surface area (Å²) in [6.07, 6.45) is 0.996. The molecule has 0 atom stereocenters. The Labute approximate surface area is 122 Å². The summed E-state index contributed by atoms with van der Waals surface area (Å²) in [6.45, 7) is 5.71. The van der Waals surface area contributed by atoms with E-state index in [1.165, 1.54) is 0 Å². The summed E-state index contributed by atoms with van der Waals surface area (Å²) in [7, 11) is 0. The third-order valence-corrected chi connectivity index (χ3v) is 3.51. The number of hydrogen-bond acceptors (Lipinski definition) is 6. The molecule has 114 valence electrons. The van der Waals surface area contributed by atoms with Gasteiger partial charge in [0.15, 0.2) is 11.0 Å². The maximum atomic E-state index is 10.6. The maximum absolute atomic E-state index is 10.6. The van der Waals surface area contributed by atoms with Crippen molar-refractivity contribution in [1.29, 1.82) is 0 Å². The standard InChI is InChI=1S/C12H21N3O4S/c1-9(2)3-5-19-6-4-15-10(7-16)13-14-12(15)20-8-11(17)18/h9,16H,3-8H2,1-2H3,(H,17,18). The summed E-state index contributed by atoms with van der Waals surface area (Å²) in [4.78, 5) is 10.6. The minimum Gasteiger partial charge on any atom is -0.481 e. The molecule has 0 unspecified atom stereocenters. The normalized spacial score (nSPS) is 11.2. The van der Waals surface area contributed by atoms with Crippen molar-refractivity contribution >= 4 is 17.7 Å². The third kappa shape index (κ3) is 5.89. The van der Waals surface area contributed by atoms with Crippen LogP contribution in [0.15, 0.2) is 5.16 Å². The van der Waals surface area contributed by atoms with Crippen LogP contribution in [-0.4, -0.2) is 49.9 Å². The molecular formula is C12H21N3O4S. The zero-order chi connectivity index (χ0) is 15.0. The molecule has 1 heterocycles. The van der Waals surface area contributed by atoms with E-state index in [0.717, 1.165) is 18.2 Å². The van der Waals surface area contributed by atoms with Gasteiger partial charge < -0.3 is 19.5 Å². The van der Waals surface area contributed by atoms with Crippen LogP contribution in [0.5, 0.6) is 0 Å². The first-order valence-corrected chi connectivity index (χ1v) is 7.48. The summed E-state index contributed by atoms with van der Waals surface area (Å²) in [5.41, 5.74) is 0. The van der Waals surface area contributed by atoms with Gasteiger partial charge in [0.05, 0.1) is 12.4 Å². The number of carboxylic acid groups (broad SMARTS) is 1. The minimum atomic E-state index is -0.914. The summed E-state index contributed by atoms with van der Waals surface area (Å²) in [6, 6.07) is 0. The van der Waals surface area contributed by atoms with Crippen LogP contribution in [0.4, 0.5) is 0 Å². The van der Waals surface area contributed by atoms with E-state index in [4.69, 9.17) is 9.84 Å². The van der Waals surface area contributed by atoms with Crippen molar-refractivity contribution in [2.75, 3.05) is 19.0 Å². The lowest BCUT2D eigenvalue weighted by atomic mass is 10.1. The van der Waals surface area contributed by atoms with Crippen molar-refractivity contribution in [3.05, 3.63) is 5.82 Å². The van der Waals surface area contributed by atoms with E-state index in [-0.39, 0.29) is 12.4 Å². The zero-order valence-corrected chi connectivity index (χ0v) is 12.6. The van der Waals surface area contributed by atoms with Gasteiger partial charge in [0, 0.05) is 13.2 Å². The largest absolute Gasteiger partial charge is 0.481 e. The molecule has 1 aromatic heterocycles. The van der Waals surface area contributed by atoms with E-state index in [1.807, 2.05) is 0 Å². The first kappa shape index (κ1) is 16.9. The van der Waals surface area contributed by atoms with Crippen molar-refractivity contribution in [3.8, 4) is 0 Å². The van der Waals surface area contributed by atoms with Crippen LogP contribution in [0.2, 0.25) is 0 Å². The number of ether oxygens (including phenoxy) is 1. The molecule has 20 heavy (non-hydrogen) atoms. The second-order valence-electron chi connectivity index (χ2n) is 4.69. The molecule has 0 aliphatic carbocycles. The van der Waals surface area contributed by atoms with Crippen molar-refractivity contribution in [2.24, 2.45) is 5.92 Å².